The number of guanidine groups is 1. The molecule has 1 aromatic carbocycles. The SMILES string of the molecule is CC(CNC(=NCC(=O)N(C)C)NCCCN1CCOCC1)Oc1ccc(F)cc1.I. The van der Waals surface area contributed by atoms with Gasteiger partial charge in [0.05, 0.1) is 19.8 Å². The fourth-order valence-corrected chi connectivity index (χ4v) is 2.82. The molecular weight excluding hydrogens is 516 g/mol. The number of aliphatic imine (C=N–C) groups is 1. The van der Waals surface area contributed by atoms with Gasteiger partial charge in [-0.05, 0) is 44.2 Å². The molecule has 1 saturated heterocycles. The molecule has 0 aromatic heterocycles. The van der Waals surface area contributed by atoms with E-state index in [9.17, 15) is 9.18 Å². The molecule has 2 rings (SSSR count). The van der Waals surface area contributed by atoms with Crippen molar-refractivity contribution in [1.82, 2.24) is 20.4 Å². The zero-order valence-electron chi connectivity index (χ0n) is 18.6. The van der Waals surface area contributed by atoms with E-state index in [1.54, 1.807) is 26.2 Å². The van der Waals surface area contributed by atoms with Crippen LogP contribution in [0.4, 0.5) is 4.39 Å². The number of nitrogens with zero attached hydrogens (tertiary/aromatic N) is 3. The van der Waals surface area contributed by atoms with Crippen molar-refractivity contribution in [2.75, 3.05) is 66.6 Å². The minimum atomic E-state index is -0.297. The Morgan fingerprint density at radius 1 is 1.26 bits per heavy atom. The van der Waals surface area contributed by atoms with Gasteiger partial charge in [-0.25, -0.2) is 9.38 Å². The van der Waals surface area contributed by atoms with Crippen LogP contribution in [0.15, 0.2) is 29.3 Å². The van der Waals surface area contributed by atoms with Gasteiger partial charge in [-0.1, -0.05) is 0 Å². The van der Waals surface area contributed by atoms with Crippen LogP contribution in [-0.4, -0.2) is 94.3 Å². The third kappa shape index (κ3) is 11.5. The summed E-state index contributed by atoms with van der Waals surface area (Å²) in [6.45, 7) is 7.72. The molecule has 1 aromatic rings. The number of halogens is 2. The number of carbonyl (C=O) groups excluding carboxylic acids is 1. The number of hydrogen-bond donors (Lipinski definition) is 2. The number of benzene rings is 1. The lowest BCUT2D eigenvalue weighted by atomic mass is 10.3. The van der Waals surface area contributed by atoms with Gasteiger partial charge in [0.25, 0.3) is 0 Å². The first-order valence-electron chi connectivity index (χ1n) is 10.4. The Kier molecular flexibility index (Phi) is 13.4. The van der Waals surface area contributed by atoms with Crippen molar-refractivity contribution in [3.05, 3.63) is 30.1 Å². The van der Waals surface area contributed by atoms with Crippen molar-refractivity contribution in [1.29, 1.82) is 0 Å². The van der Waals surface area contributed by atoms with Gasteiger partial charge in [0.1, 0.15) is 24.2 Å². The maximum atomic E-state index is 13.0. The van der Waals surface area contributed by atoms with Crippen molar-refractivity contribution in [2.24, 2.45) is 4.99 Å². The standard InChI is InChI=1S/C21H34FN5O3.HI/c1-17(30-19-7-5-18(22)6-8-19)15-24-21(25-16-20(28)26(2)3)23-9-4-10-27-11-13-29-14-12-27;/h5-8,17H,4,9-16H2,1-3H3,(H2,23,24,25);1H. The predicted molar refractivity (Wildman–Crippen MR) is 131 cm³/mol. The van der Waals surface area contributed by atoms with Crippen molar-refractivity contribution >= 4 is 35.8 Å². The van der Waals surface area contributed by atoms with Crippen molar-refractivity contribution in [3.63, 3.8) is 0 Å². The summed E-state index contributed by atoms with van der Waals surface area (Å²) in [6, 6.07) is 5.93. The lowest BCUT2D eigenvalue weighted by molar-refractivity contribution is -0.127. The number of nitrogens with one attached hydrogen (secondary N) is 2. The molecule has 0 bridgehead atoms. The topological polar surface area (TPSA) is 78.4 Å². The largest absolute Gasteiger partial charge is 0.489 e. The van der Waals surface area contributed by atoms with Gasteiger partial charge < -0.3 is 25.0 Å². The first kappa shape index (κ1) is 27.4. The van der Waals surface area contributed by atoms with Crippen LogP contribution in [0.5, 0.6) is 5.75 Å². The first-order chi connectivity index (χ1) is 14.4. The fourth-order valence-electron chi connectivity index (χ4n) is 2.82. The van der Waals surface area contributed by atoms with Crippen molar-refractivity contribution in [2.45, 2.75) is 19.4 Å². The number of likely N-dealkylation sites (N-methyl/N-ethyl adjacent to an activating group) is 1. The maximum absolute atomic E-state index is 13.0. The van der Waals surface area contributed by atoms with Gasteiger partial charge in [0.2, 0.25) is 5.91 Å². The van der Waals surface area contributed by atoms with Crippen LogP contribution < -0.4 is 15.4 Å². The second kappa shape index (κ2) is 15.2. The molecule has 1 amide bonds. The molecule has 1 unspecified atom stereocenters. The van der Waals surface area contributed by atoms with Gasteiger partial charge in [0, 0.05) is 33.7 Å². The number of hydrogen-bond acceptors (Lipinski definition) is 5. The molecule has 0 radical (unpaired) electrons. The number of morpholine rings is 1. The molecule has 0 spiro atoms. The molecule has 1 fully saturated rings. The summed E-state index contributed by atoms with van der Waals surface area (Å²) in [7, 11) is 3.42. The number of amides is 1. The van der Waals surface area contributed by atoms with Crippen LogP contribution >= 0.6 is 24.0 Å². The minimum Gasteiger partial charge on any atom is -0.489 e. The molecule has 0 saturated carbocycles. The Hall–Kier alpha value is -1.66. The van der Waals surface area contributed by atoms with Crippen molar-refractivity contribution < 1.29 is 18.7 Å². The van der Waals surface area contributed by atoms with Gasteiger partial charge in [-0.3, -0.25) is 9.69 Å². The highest BCUT2D eigenvalue weighted by Crippen LogP contribution is 2.12. The van der Waals surface area contributed by atoms with E-state index < -0.39 is 0 Å². The molecule has 1 atom stereocenters. The predicted octanol–water partition coefficient (Wildman–Crippen LogP) is 1.56. The van der Waals surface area contributed by atoms with Gasteiger partial charge in [0.15, 0.2) is 5.96 Å². The maximum Gasteiger partial charge on any atom is 0.243 e. The van der Waals surface area contributed by atoms with Crippen LogP contribution in [0.25, 0.3) is 0 Å². The molecule has 31 heavy (non-hydrogen) atoms. The summed E-state index contributed by atoms with van der Waals surface area (Å²) in [5.74, 6) is 0.807. The molecule has 1 aliphatic heterocycles. The van der Waals surface area contributed by atoms with E-state index in [0.29, 0.717) is 18.3 Å². The average Bonchev–Trinajstić information content (AvgIpc) is 2.74. The molecular formula is C21H35FIN5O3. The molecule has 10 heteroatoms. The summed E-state index contributed by atoms with van der Waals surface area (Å²) in [4.78, 5) is 20.2. The molecule has 176 valence electrons. The van der Waals surface area contributed by atoms with Crippen molar-refractivity contribution in [3.8, 4) is 5.75 Å². The highest BCUT2D eigenvalue weighted by atomic mass is 127. The average molecular weight is 551 g/mol. The van der Waals surface area contributed by atoms with Crippen LogP contribution in [0.1, 0.15) is 13.3 Å². The monoisotopic (exact) mass is 551 g/mol. The van der Waals surface area contributed by atoms with Crippen LogP contribution in [0, 0.1) is 5.82 Å². The second-order valence-corrected chi connectivity index (χ2v) is 7.45. The fraction of sp³-hybridized carbons (Fsp3) is 0.619. The van der Waals surface area contributed by atoms with E-state index in [0.717, 1.165) is 45.8 Å². The van der Waals surface area contributed by atoms with E-state index >= 15 is 0 Å². The van der Waals surface area contributed by atoms with Crippen LogP contribution in [0.3, 0.4) is 0 Å². The summed E-state index contributed by atoms with van der Waals surface area (Å²) in [5.41, 5.74) is 0. The van der Waals surface area contributed by atoms with E-state index in [4.69, 9.17) is 9.47 Å². The van der Waals surface area contributed by atoms with Gasteiger partial charge in [-0.15, -0.1) is 24.0 Å². The highest BCUT2D eigenvalue weighted by molar-refractivity contribution is 14.0. The third-order valence-electron chi connectivity index (χ3n) is 4.63. The van der Waals surface area contributed by atoms with E-state index in [2.05, 4.69) is 20.5 Å². The molecule has 0 aliphatic carbocycles. The van der Waals surface area contributed by atoms with Crippen LogP contribution in [-0.2, 0) is 9.53 Å². The lowest BCUT2D eigenvalue weighted by Gasteiger charge is -2.26. The highest BCUT2D eigenvalue weighted by Gasteiger charge is 2.11. The third-order valence-corrected chi connectivity index (χ3v) is 4.63. The lowest BCUT2D eigenvalue weighted by Crippen LogP contribution is -2.44. The van der Waals surface area contributed by atoms with Crippen LogP contribution in [0.2, 0.25) is 0 Å². The normalized spacial score (nSPS) is 15.5. The Morgan fingerprint density at radius 2 is 1.94 bits per heavy atom. The quantitative estimate of drug-likeness (QED) is 0.199. The molecule has 1 heterocycles. The zero-order chi connectivity index (χ0) is 21.8. The smallest absolute Gasteiger partial charge is 0.243 e. The summed E-state index contributed by atoms with van der Waals surface area (Å²) in [5, 5.41) is 6.50. The summed E-state index contributed by atoms with van der Waals surface area (Å²) in [6.07, 6.45) is 0.796. The molecule has 8 nitrogen and oxygen atoms in total. The zero-order valence-corrected chi connectivity index (χ0v) is 20.9. The second-order valence-electron chi connectivity index (χ2n) is 7.45. The van der Waals surface area contributed by atoms with E-state index in [1.807, 2.05) is 6.92 Å². The first-order valence-corrected chi connectivity index (χ1v) is 10.4. The Labute approximate surface area is 201 Å². The van der Waals surface area contributed by atoms with E-state index in [-0.39, 0.29) is 48.3 Å². The number of ether oxygens (including phenoxy) is 2. The number of rotatable bonds is 10. The Bertz CT molecular complexity index is 669. The summed E-state index contributed by atoms with van der Waals surface area (Å²) >= 11 is 0. The summed E-state index contributed by atoms with van der Waals surface area (Å²) < 4.78 is 24.2. The number of carbonyl (C=O) groups is 1. The Morgan fingerprint density at radius 3 is 2.58 bits per heavy atom. The molecule has 1 aliphatic rings. The van der Waals surface area contributed by atoms with Gasteiger partial charge >= 0.3 is 0 Å². The Balaban J connectivity index is 0.00000480. The van der Waals surface area contributed by atoms with Gasteiger partial charge in [-0.2, -0.15) is 0 Å². The van der Waals surface area contributed by atoms with E-state index in [1.165, 1.54) is 17.0 Å². The minimum absolute atomic E-state index is 0. The molecule has 2 N–H and O–H groups in total.